The average Bonchev–Trinajstić information content (AvgIpc) is 3.21. The van der Waals surface area contributed by atoms with Crippen molar-refractivity contribution in [3.8, 4) is 0 Å². The zero-order chi connectivity index (χ0) is 17.0. The van der Waals surface area contributed by atoms with Crippen LogP contribution in [0.2, 0.25) is 0 Å². The molecule has 2 bridgehead atoms. The second kappa shape index (κ2) is 5.47. The summed E-state index contributed by atoms with van der Waals surface area (Å²) in [7, 11) is 1.86. The largest absolute Gasteiger partial charge is 0.322 e. The lowest BCUT2D eigenvalue weighted by atomic mass is 9.85. The number of aryl methyl sites for hydroxylation is 1. The summed E-state index contributed by atoms with van der Waals surface area (Å²) in [5.74, 6) is 2.61. The van der Waals surface area contributed by atoms with Gasteiger partial charge in [0.25, 0.3) is 5.91 Å². The van der Waals surface area contributed by atoms with Crippen LogP contribution in [0.3, 0.4) is 0 Å². The van der Waals surface area contributed by atoms with Crippen LogP contribution in [0.1, 0.15) is 65.7 Å². The van der Waals surface area contributed by atoms with Crippen molar-refractivity contribution in [2.45, 2.75) is 45.4 Å². The molecule has 1 amide bonds. The smallest absolute Gasteiger partial charge is 0.259 e. The molecule has 1 heterocycles. The lowest BCUT2D eigenvalue weighted by Crippen LogP contribution is -2.16. The number of carbonyl (C=O) groups is 1. The Morgan fingerprint density at radius 2 is 2.04 bits per heavy atom. The highest BCUT2D eigenvalue weighted by Gasteiger charge is 2.47. The Morgan fingerprint density at radius 1 is 1.29 bits per heavy atom. The van der Waals surface area contributed by atoms with Gasteiger partial charge in [0.2, 0.25) is 0 Å². The Morgan fingerprint density at radius 3 is 2.71 bits per heavy atom. The minimum absolute atomic E-state index is 0.0575. The maximum absolute atomic E-state index is 12.7. The molecule has 126 valence electrons. The van der Waals surface area contributed by atoms with Gasteiger partial charge < -0.3 is 5.32 Å². The van der Waals surface area contributed by atoms with Gasteiger partial charge in [0.1, 0.15) is 0 Å². The molecular formula is C20H25N3O. The van der Waals surface area contributed by atoms with Crippen LogP contribution < -0.4 is 5.32 Å². The van der Waals surface area contributed by atoms with Gasteiger partial charge in [-0.25, -0.2) is 0 Å². The number of hydrogen-bond donors (Lipinski definition) is 1. The summed E-state index contributed by atoms with van der Waals surface area (Å²) >= 11 is 0. The Hall–Kier alpha value is -2.10. The third-order valence-corrected chi connectivity index (χ3v) is 6.13. The number of aromatic nitrogens is 2. The lowest BCUT2D eigenvalue weighted by Gasteiger charge is -2.21. The van der Waals surface area contributed by atoms with Crippen molar-refractivity contribution in [3.63, 3.8) is 0 Å². The SMILES string of the molecule is Cc1c(C(=O)Nc2cccc3c2C2CCC3C2C(C)C)cnn1C. The molecule has 1 aromatic carbocycles. The number of fused-ring (bicyclic) bond motifs is 5. The summed E-state index contributed by atoms with van der Waals surface area (Å²) < 4.78 is 1.74. The van der Waals surface area contributed by atoms with Gasteiger partial charge in [-0.1, -0.05) is 26.0 Å². The number of nitrogens with zero attached hydrogens (tertiary/aromatic N) is 2. The van der Waals surface area contributed by atoms with E-state index in [1.54, 1.807) is 10.9 Å². The normalized spacial score (nSPS) is 24.5. The molecular weight excluding hydrogens is 298 g/mol. The standard InChI is InChI=1S/C20H25N3O/c1-11(2)18-14-8-9-15(18)19-13(14)6-5-7-17(19)22-20(24)16-10-21-23(4)12(16)3/h5-7,10-11,14-15,18H,8-9H2,1-4H3,(H,22,24). The number of anilines is 1. The van der Waals surface area contributed by atoms with Gasteiger partial charge in [0.15, 0.2) is 0 Å². The number of hydrogen-bond acceptors (Lipinski definition) is 2. The molecule has 0 saturated heterocycles. The van der Waals surface area contributed by atoms with Gasteiger partial charge in [-0.3, -0.25) is 9.48 Å². The molecule has 3 atom stereocenters. The van der Waals surface area contributed by atoms with Crippen molar-refractivity contribution < 1.29 is 4.79 Å². The van der Waals surface area contributed by atoms with E-state index >= 15 is 0 Å². The van der Waals surface area contributed by atoms with Crippen molar-refractivity contribution in [2.24, 2.45) is 18.9 Å². The molecule has 1 aromatic heterocycles. The summed E-state index contributed by atoms with van der Waals surface area (Å²) in [6.45, 7) is 6.59. The predicted molar refractivity (Wildman–Crippen MR) is 95.4 cm³/mol. The molecule has 4 rings (SSSR count). The monoisotopic (exact) mass is 323 g/mol. The fourth-order valence-corrected chi connectivity index (χ4v) is 4.99. The van der Waals surface area contributed by atoms with E-state index in [-0.39, 0.29) is 5.91 Å². The molecule has 1 N–H and O–H groups in total. The molecule has 1 saturated carbocycles. The van der Waals surface area contributed by atoms with Gasteiger partial charge in [-0.15, -0.1) is 0 Å². The van der Waals surface area contributed by atoms with Gasteiger partial charge in [0, 0.05) is 18.4 Å². The Kier molecular flexibility index (Phi) is 3.52. The molecule has 1 fully saturated rings. The quantitative estimate of drug-likeness (QED) is 0.919. The van der Waals surface area contributed by atoms with Crippen LogP contribution >= 0.6 is 0 Å². The molecule has 2 aliphatic rings. The van der Waals surface area contributed by atoms with E-state index in [1.165, 1.54) is 24.0 Å². The predicted octanol–water partition coefficient (Wildman–Crippen LogP) is 4.23. The highest BCUT2D eigenvalue weighted by atomic mass is 16.1. The first-order chi connectivity index (χ1) is 11.5. The summed E-state index contributed by atoms with van der Waals surface area (Å²) in [5, 5.41) is 7.35. The van der Waals surface area contributed by atoms with Crippen molar-refractivity contribution in [2.75, 3.05) is 5.32 Å². The maximum atomic E-state index is 12.7. The number of benzene rings is 1. The molecule has 0 aliphatic heterocycles. The van der Waals surface area contributed by atoms with Crippen LogP contribution in [0.25, 0.3) is 0 Å². The molecule has 24 heavy (non-hydrogen) atoms. The second-order valence-electron chi connectivity index (χ2n) is 7.64. The third kappa shape index (κ3) is 2.12. The van der Waals surface area contributed by atoms with Crippen LogP contribution in [0, 0.1) is 18.8 Å². The molecule has 2 aromatic rings. The first-order valence-electron chi connectivity index (χ1n) is 8.91. The number of nitrogens with one attached hydrogen (secondary N) is 1. The van der Waals surface area contributed by atoms with E-state index in [9.17, 15) is 4.79 Å². The minimum Gasteiger partial charge on any atom is -0.322 e. The molecule has 3 unspecified atom stereocenters. The minimum atomic E-state index is -0.0575. The van der Waals surface area contributed by atoms with Crippen LogP contribution in [0.15, 0.2) is 24.4 Å². The maximum Gasteiger partial charge on any atom is 0.259 e. The Bertz CT molecular complexity index is 805. The van der Waals surface area contributed by atoms with Gasteiger partial charge in [0.05, 0.1) is 11.8 Å². The van der Waals surface area contributed by atoms with E-state index in [4.69, 9.17) is 0 Å². The van der Waals surface area contributed by atoms with E-state index in [1.807, 2.05) is 14.0 Å². The zero-order valence-electron chi connectivity index (χ0n) is 14.8. The molecule has 4 nitrogen and oxygen atoms in total. The third-order valence-electron chi connectivity index (χ3n) is 6.13. The highest BCUT2D eigenvalue weighted by molar-refractivity contribution is 6.05. The fraction of sp³-hybridized carbons (Fsp3) is 0.500. The second-order valence-corrected chi connectivity index (χ2v) is 7.64. The highest BCUT2D eigenvalue weighted by Crippen LogP contribution is 2.61. The lowest BCUT2D eigenvalue weighted by molar-refractivity contribution is 0.102. The van der Waals surface area contributed by atoms with E-state index in [2.05, 4.69) is 42.5 Å². The van der Waals surface area contributed by atoms with Gasteiger partial charge in [-0.05, 0) is 60.6 Å². The van der Waals surface area contributed by atoms with E-state index in [0.717, 1.165) is 17.3 Å². The van der Waals surface area contributed by atoms with Gasteiger partial charge >= 0.3 is 0 Å². The first-order valence-corrected chi connectivity index (χ1v) is 8.91. The van der Waals surface area contributed by atoms with E-state index in [0.29, 0.717) is 23.3 Å². The number of rotatable bonds is 3. The molecule has 0 spiro atoms. The van der Waals surface area contributed by atoms with Crippen LogP contribution in [0.4, 0.5) is 5.69 Å². The number of carbonyl (C=O) groups excluding carboxylic acids is 1. The molecule has 0 radical (unpaired) electrons. The number of amides is 1. The van der Waals surface area contributed by atoms with Crippen LogP contribution in [-0.4, -0.2) is 15.7 Å². The van der Waals surface area contributed by atoms with Crippen molar-refractivity contribution in [1.82, 2.24) is 9.78 Å². The average molecular weight is 323 g/mol. The van der Waals surface area contributed by atoms with Crippen LogP contribution in [-0.2, 0) is 7.05 Å². The van der Waals surface area contributed by atoms with Crippen molar-refractivity contribution in [1.29, 1.82) is 0 Å². The zero-order valence-corrected chi connectivity index (χ0v) is 14.8. The van der Waals surface area contributed by atoms with Gasteiger partial charge in [-0.2, -0.15) is 5.10 Å². The Labute approximate surface area is 143 Å². The summed E-state index contributed by atoms with van der Waals surface area (Å²) in [6, 6.07) is 6.41. The van der Waals surface area contributed by atoms with Crippen molar-refractivity contribution >= 4 is 11.6 Å². The first kappa shape index (κ1) is 15.4. The summed E-state index contributed by atoms with van der Waals surface area (Å²) in [4.78, 5) is 12.7. The summed E-state index contributed by atoms with van der Waals surface area (Å²) in [5.41, 5.74) is 5.40. The van der Waals surface area contributed by atoms with Crippen molar-refractivity contribution in [3.05, 3.63) is 46.8 Å². The summed E-state index contributed by atoms with van der Waals surface area (Å²) in [6.07, 6.45) is 4.19. The molecule has 2 aliphatic carbocycles. The Balaban J connectivity index is 1.68. The fourth-order valence-electron chi connectivity index (χ4n) is 4.99. The van der Waals surface area contributed by atoms with E-state index < -0.39 is 0 Å². The topological polar surface area (TPSA) is 46.9 Å². The molecule has 4 heteroatoms. The van der Waals surface area contributed by atoms with Crippen LogP contribution in [0.5, 0.6) is 0 Å².